The summed E-state index contributed by atoms with van der Waals surface area (Å²) in [5, 5.41) is 4.37. The molecule has 21 heavy (non-hydrogen) atoms. The Labute approximate surface area is 132 Å². The summed E-state index contributed by atoms with van der Waals surface area (Å²) < 4.78 is 5.54. The van der Waals surface area contributed by atoms with Gasteiger partial charge in [-0.2, -0.15) is 0 Å². The zero-order valence-electron chi connectivity index (χ0n) is 12.9. The third-order valence-corrected chi connectivity index (χ3v) is 4.30. The summed E-state index contributed by atoms with van der Waals surface area (Å²) in [7, 11) is 1.77. The van der Waals surface area contributed by atoms with E-state index in [-0.39, 0.29) is 5.60 Å². The Hall–Kier alpha value is -1.09. The minimum atomic E-state index is -0.149. The van der Waals surface area contributed by atoms with E-state index in [1.165, 1.54) is 11.1 Å². The number of hydrogen-bond donors (Lipinski definition) is 1. The zero-order valence-corrected chi connectivity index (χ0v) is 13.6. The third-order valence-electron chi connectivity index (χ3n) is 3.93. The number of methoxy groups -OCH3 is 1. The van der Waals surface area contributed by atoms with Crippen LogP contribution in [0.5, 0.6) is 0 Å². The molecule has 3 heteroatoms. The molecule has 2 nitrogen and oxygen atoms in total. The largest absolute Gasteiger partial charge is 0.374 e. The molecule has 1 aromatic carbocycles. The van der Waals surface area contributed by atoms with Crippen molar-refractivity contribution in [3.63, 3.8) is 0 Å². The maximum atomic E-state index is 6.16. The molecule has 0 saturated carbocycles. The fraction of sp³-hybridized carbons (Fsp3) is 0.444. The number of allylic oxidation sites excluding steroid dienone is 2. The summed E-state index contributed by atoms with van der Waals surface area (Å²) in [5.41, 5.74) is 2.47. The summed E-state index contributed by atoms with van der Waals surface area (Å²) in [5.74, 6) is 0. The van der Waals surface area contributed by atoms with Crippen LogP contribution in [0.25, 0.3) is 0 Å². The van der Waals surface area contributed by atoms with Crippen molar-refractivity contribution in [2.75, 3.05) is 20.2 Å². The normalized spacial score (nSPS) is 21.4. The van der Waals surface area contributed by atoms with Crippen molar-refractivity contribution in [3.05, 3.63) is 58.7 Å². The predicted octanol–water partition coefficient (Wildman–Crippen LogP) is 4.15. The molecular formula is C18H24ClNO. The van der Waals surface area contributed by atoms with Crippen molar-refractivity contribution >= 4 is 11.6 Å². The average molecular weight is 306 g/mol. The van der Waals surface area contributed by atoms with Gasteiger partial charge in [0.15, 0.2) is 0 Å². The molecule has 0 fully saturated rings. The van der Waals surface area contributed by atoms with Gasteiger partial charge in [0.1, 0.15) is 0 Å². The Morgan fingerprint density at radius 2 is 2.14 bits per heavy atom. The van der Waals surface area contributed by atoms with Crippen LogP contribution in [0, 0.1) is 0 Å². The Kier molecular flexibility index (Phi) is 6.04. The van der Waals surface area contributed by atoms with Crippen LogP contribution in [-0.2, 0) is 11.2 Å². The maximum absolute atomic E-state index is 6.16. The Morgan fingerprint density at radius 3 is 2.90 bits per heavy atom. The fourth-order valence-electron chi connectivity index (χ4n) is 2.57. The molecular weight excluding hydrogens is 282 g/mol. The second-order valence-electron chi connectivity index (χ2n) is 5.75. The summed E-state index contributed by atoms with van der Waals surface area (Å²) in [4.78, 5) is 0. The van der Waals surface area contributed by atoms with E-state index >= 15 is 0 Å². The van der Waals surface area contributed by atoms with Crippen LogP contribution in [0.2, 0.25) is 5.02 Å². The van der Waals surface area contributed by atoms with E-state index in [2.05, 4.69) is 36.5 Å². The minimum Gasteiger partial charge on any atom is -0.374 e. The highest BCUT2D eigenvalue weighted by Gasteiger charge is 2.23. The zero-order chi connectivity index (χ0) is 15.1. The van der Waals surface area contributed by atoms with Crippen molar-refractivity contribution in [3.8, 4) is 0 Å². The molecule has 0 heterocycles. The van der Waals surface area contributed by atoms with Crippen LogP contribution in [0.1, 0.15) is 25.3 Å². The van der Waals surface area contributed by atoms with Gasteiger partial charge in [0, 0.05) is 25.1 Å². The third kappa shape index (κ3) is 4.99. The molecule has 0 spiro atoms. The van der Waals surface area contributed by atoms with Gasteiger partial charge in [-0.3, -0.25) is 0 Å². The molecule has 0 bridgehead atoms. The second-order valence-corrected chi connectivity index (χ2v) is 6.16. The van der Waals surface area contributed by atoms with Gasteiger partial charge >= 0.3 is 0 Å². The molecule has 1 aromatic rings. The van der Waals surface area contributed by atoms with Crippen LogP contribution >= 0.6 is 11.6 Å². The SMILES string of the molecule is CO[C@@]1(C)C=CC=C(CNCCCc2ccccc2Cl)C1. The number of ether oxygens (including phenoxy) is 1. The van der Waals surface area contributed by atoms with Crippen molar-refractivity contribution in [1.29, 1.82) is 0 Å². The van der Waals surface area contributed by atoms with E-state index in [0.29, 0.717) is 0 Å². The molecule has 0 saturated heterocycles. The van der Waals surface area contributed by atoms with Crippen molar-refractivity contribution in [2.45, 2.75) is 31.8 Å². The number of aryl methyl sites for hydroxylation is 1. The van der Waals surface area contributed by atoms with Crippen molar-refractivity contribution in [1.82, 2.24) is 5.32 Å². The Bertz CT molecular complexity index is 524. The Balaban J connectivity index is 1.68. The van der Waals surface area contributed by atoms with E-state index in [4.69, 9.17) is 16.3 Å². The van der Waals surface area contributed by atoms with Gasteiger partial charge in [-0.05, 0) is 37.9 Å². The molecule has 1 aliphatic carbocycles. The lowest BCUT2D eigenvalue weighted by Gasteiger charge is -2.28. The molecule has 1 atom stereocenters. The van der Waals surface area contributed by atoms with Crippen LogP contribution < -0.4 is 5.32 Å². The molecule has 0 aliphatic heterocycles. The highest BCUT2D eigenvalue weighted by Crippen LogP contribution is 2.25. The van der Waals surface area contributed by atoms with Crippen molar-refractivity contribution in [2.24, 2.45) is 0 Å². The Morgan fingerprint density at radius 1 is 1.33 bits per heavy atom. The average Bonchev–Trinajstić information content (AvgIpc) is 2.49. The van der Waals surface area contributed by atoms with Gasteiger partial charge in [0.2, 0.25) is 0 Å². The minimum absolute atomic E-state index is 0.149. The van der Waals surface area contributed by atoms with Crippen LogP contribution in [0.3, 0.4) is 0 Å². The highest BCUT2D eigenvalue weighted by atomic mass is 35.5. The highest BCUT2D eigenvalue weighted by molar-refractivity contribution is 6.31. The van der Waals surface area contributed by atoms with Crippen LogP contribution in [0.4, 0.5) is 0 Å². The number of rotatable bonds is 7. The van der Waals surface area contributed by atoms with Gasteiger partial charge in [0.25, 0.3) is 0 Å². The first kappa shape index (κ1) is 16.3. The lowest BCUT2D eigenvalue weighted by Crippen LogP contribution is -2.30. The second kappa shape index (κ2) is 7.79. The maximum Gasteiger partial charge on any atom is 0.0871 e. The number of nitrogens with one attached hydrogen (secondary N) is 1. The topological polar surface area (TPSA) is 21.3 Å². The van der Waals surface area contributed by atoms with E-state index in [1.54, 1.807) is 7.11 Å². The van der Waals surface area contributed by atoms with Gasteiger partial charge < -0.3 is 10.1 Å². The van der Waals surface area contributed by atoms with Crippen LogP contribution in [-0.4, -0.2) is 25.8 Å². The molecule has 2 rings (SSSR count). The van der Waals surface area contributed by atoms with Gasteiger partial charge in [0.05, 0.1) is 5.60 Å². The van der Waals surface area contributed by atoms with E-state index < -0.39 is 0 Å². The summed E-state index contributed by atoms with van der Waals surface area (Å²) in [6.45, 7) is 4.04. The first-order valence-corrected chi connectivity index (χ1v) is 7.87. The molecule has 0 amide bonds. The van der Waals surface area contributed by atoms with E-state index in [0.717, 1.165) is 37.4 Å². The summed E-state index contributed by atoms with van der Waals surface area (Å²) >= 11 is 6.16. The first-order chi connectivity index (χ1) is 10.1. The molecule has 0 radical (unpaired) electrons. The predicted molar refractivity (Wildman–Crippen MR) is 89.9 cm³/mol. The lowest BCUT2D eigenvalue weighted by atomic mass is 9.91. The van der Waals surface area contributed by atoms with Gasteiger partial charge in [-0.1, -0.05) is 53.6 Å². The summed E-state index contributed by atoms with van der Waals surface area (Å²) in [6.07, 6.45) is 9.46. The fourth-order valence-corrected chi connectivity index (χ4v) is 2.80. The van der Waals surface area contributed by atoms with Crippen LogP contribution in [0.15, 0.2) is 48.1 Å². The quantitative estimate of drug-likeness (QED) is 0.764. The molecule has 0 aromatic heterocycles. The lowest BCUT2D eigenvalue weighted by molar-refractivity contribution is 0.0476. The molecule has 1 aliphatic rings. The smallest absolute Gasteiger partial charge is 0.0871 e. The molecule has 1 N–H and O–H groups in total. The summed E-state index contributed by atoms with van der Waals surface area (Å²) in [6, 6.07) is 8.06. The number of halogens is 1. The molecule has 114 valence electrons. The van der Waals surface area contributed by atoms with E-state index in [9.17, 15) is 0 Å². The number of benzene rings is 1. The first-order valence-electron chi connectivity index (χ1n) is 7.49. The standard InChI is InChI=1S/C18H24ClNO/c1-18(21-2)11-5-7-15(13-18)14-20-12-6-9-16-8-3-4-10-17(16)19/h3-5,7-8,10-11,20H,6,9,12-14H2,1-2H3/t18-/m0/s1. The van der Waals surface area contributed by atoms with Crippen molar-refractivity contribution < 1.29 is 4.74 Å². The van der Waals surface area contributed by atoms with Gasteiger partial charge in [-0.25, -0.2) is 0 Å². The molecule has 0 unspecified atom stereocenters. The monoisotopic (exact) mass is 305 g/mol. The van der Waals surface area contributed by atoms with Gasteiger partial charge in [-0.15, -0.1) is 0 Å². The number of hydrogen-bond acceptors (Lipinski definition) is 2. The van der Waals surface area contributed by atoms with E-state index in [1.807, 2.05) is 18.2 Å².